The maximum absolute atomic E-state index is 12.9. The molecule has 0 aliphatic heterocycles. The number of anilines is 1. The highest BCUT2D eigenvalue weighted by atomic mass is 35.5. The number of hydrogen-bond acceptors (Lipinski definition) is 2. The lowest BCUT2D eigenvalue weighted by atomic mass is 9.72. The van der Waals surface area contributed by atoms with E-state index in [2.05, 4.69) is 41.5 Å². The molecule has 1 saturated carbocycles. The third-order valence-electron chi connectivity index (χ3n) is 6.35. The molecule has 1 N–H and O–H groups in total. The fourth-order valence-corrected chi connectivity index (χ4v) is 4.93. The Morgan fingerprint density at radius 3 is 2.52 bits per heavy atom. The Kier molecular flexibility index (Phi) is 6.15. The second kappa shape index (κ2) is 8.96. The highest BCUT2D eigenvalue weighted by Crippen LogP contribution is 2.41. The molecule has 3 aromatic rings. The second-order valence-electron chi connectivity index (χ2n) is 8.04. The van der Waals surface area contributed by atoms with Gasteiger partial charge in [-0.25, -0.2) is 0 Å². The van der Waals surface area contributed by atoms with Gasteiger partial charge in [0.15, 0.2) is 0 Å². The first-order valence-corrected chi connectivity index (χ1v) is 10.9. The summed E-state index contributed by atoms with van der Waals surface area (Å²) in [6.07, 6.45) is 7.24. The SMILES string of the molecule is CCC(C(=O)Nc1ccc(Cl)cc1)[C@H]1CC[C@@H](c2ccnc3ccccc32)CC1. The van der Waals surface area contributed by atoms with Crippen LogP contribution in [0.2, 0.25) is 5.02 Å². The summed E-state index contributed by atoms with van der Waals surface area (Å²) in [6.45, 7) is 2.12. The highest BCUT2D eigenvalue weighted by Gasteiger charge is 2.32. The molecule has 1 atom stereocenters. The molecule has 1 aromatic heterocycles. The predicted molar refractivity (Wildman–Crippen MR) is 120 cm³/mol. The van der Waals surface area contributed by atoms with Crippen LogP contribution in [-0.4, -0.2) is 10.9 Å². The molecule has 1 unspecified atom stereocenters. The Morgan fingerprint density at radius 2 is 1.79 bits per heavy atom. The number of rotatable bonds is 5. The zero-order valence-corrected chi connectivity index (χ0v) is 17.5. The maximum atomic E-state index is 12.9. The average molecular weight is 407 g/mol. The number of carbonyl (C=O) groups is 1. The number of amides is 1. The first-order chi connectivity index (χ1) is 14.2. The molecule has 0 spiro atoms. The quantitative estimate of drug-likeness (QED) is 0.504. The van der Waals surface area contributed by atoms with Crippen molar-refractivity contribution in [2.45, 2.75) is 44.9 Å². The van der Waals surface area contributed by atoms with Gasteiger partial charge in [-0.1, -0.05) is 36.7 Å². The van der Waals surface area contributed by atoms with Gasteiger partial charge in [0.05, 0.1) is 5.52 Å². The van der Waals surface area contributed by atoms with E-state index in [1.807, 2.05) is 36.5 Å². The van der Waals surface area contributed by atoms with E-state index in [-0.39, 0.29) is 11.8 Å². The summed E-state index contributed by atoms with van der Waals surface area (Å²) in [6, 6.07) is 17.9. The van der Waals surface area contributed by atoms with Crippen LogP contribution in [-0.2, 0) is 4.79 Å². The molecule has 0 bridgehead atoms. The molecule has 1 fully saturated rings. The first kappa shape index (κ1) is 19.9. The van der Waals surface area contributed by atoms with Crippen molar-refractivity contribution < 1.29 is 4.79 Å². The normalized spacial score (nSPS) is 20.3. The van der Waals surface area contributed by atoms with Crippen LogP contribution in [0.5, 0.6) is 0 Å². The van der Waals surface area contributed by atoms with Gasteiger partial charge in [0, 0.05) is 28.2 Å². The summed E-state index contributed by atoms with van der Waals surface area (Å²) < 4.78 is 0. The van der Waals surface area contributed by atoms with Gasteiger partial charge in [-0.05, 0) is 85.9 Å². The van der Waals surface area contributed by atoms with Crippen LogP contribution in [0.3, 0.4) is 0 Å². The molecule has 150 valence electrons. The molecule has 0 saturated heterocycles. The van der Waals surface area contributed by atoms with Crippen LogP contribution in [0.25, 0.3) is 10.9 Å². The van der Waals surface area contributed by atoms with Crippen LogP contribution in [0, 0.1) is 11.8 Å². The van der Waals surface area contributed by atoms with Crippen LogP contribution >= 0.6 is 11.6 Å². The molecule has 2 aromatic carbocycles. The van der Waals surface area contributed by atoms with Crippen molar-refractivity contribution in [1.29, 1.82) is 0 Å². The summed E-state index contributed by atoms with van der Waals surface area (Å²) in [4.78, 5) is 17.4. The van der Waals surface area contributed by atoms with E-state index in [1.54, 1.807) is 0 Å². The molecule has 3 nitrogen and oxygen atoms in total. The van der Waals surface area contributed by atoms with E-state index in [4.69, 9.17) is 11.6 Å². The maximum Gasteiger partial charge on any atom is 0.227 e. The Labute approximate surface area is 177 Å². The van der Waals surface area contributed by atoms with Crippen LogP contribution in [0.1, 0.15) is 50.5 Å². The predicted octanol–water partition coefficient (Wildman–Crippen LogP) is 6.83. The van der Waals surface area contributed by atoms with E-state index in [0.717, 1.165) is 43.3 Å². The minimum atomic E-state index is 0.0563. The Morgan fingerprint density at radius 1 is 1.07 bits per heavy atom. The number of benzene rings is 2. The minimum Gasteiger partial charge on any atom is -0.326 e. The van der Waals surface area contributed by atoms with Crippen molar-refractivity contribution in [3.63, 3.8) is 0 Å². The summed E-state index contributed by atoms with van der Waals surface area (Å²) in [7, 11) is 0. The lowest BCUT2D eigenvalue weighted by Crippen LogP contribution is -2.31. The Balaban J connectivity index is 1.42. The van der Waals surface area contributed by atoms with Crippen LogP contribution in [0.4, 0.5) is 5.69 Å². The molecule has 4 rings (SSSR count). The van der Waals surface area contributed by atoms with Crippen molar-refractivity contribution in [3.8, 4) is 0 Å². The molecule has 0 radical (unpaired) electrons. The molecule has 29 heavy (non-hydrogen) atoms. The highest BCUT2D eigenvalue weighted by molar-refractivity contribution is 6.30. The molecule has 1 amide bonds. The first-order valence-electron chi connectivity index (χ1n) is 10.6. The second-order valence-corrected chi connectivity index (χ2v) is 8.48. The largest absolute Gasteiger partial charge is 0.326 e. The third-order valence-corrected chi connectivity index (χ3v) is 6.60. The van der Waals surface area contributed by atoms with Crippen LogP contribution in [0.15, 0.2) is 60.8 Å². The van der Waals surface area contributed by atoms with Crippen molar-refractivity contribution in [2.75, 3.05) is 5.32 Å². The number of fused-ring (bicyclic) bond motifs is 1. The van der Waals surface area contributed by atoms with Gasteiger partial charge >= 0.3 is 0 Å². The smallest absolute Gasteiger partial charge is 0.227 e. The lowest BCUT2D eigenvalue weighted by Gasteiger charge is -2.33. The molecule has 1 heterocycles. The molecular weight excluding hydrogens is 380 g/mol. The molecule has 1 aliphatic rings. The third kappa shape index (κ3) is 4.45. The fourth-order valence-electron chi connectivity index (χ4n) is 4.81. The standard InChI is InChI=1S/C25H27ClN2O/c1-2-21(25(29)28-20-13-11-19(26)12-14-20)17-7-9-18(10-8-17)22-15-16-27-24-6-4-3-5-23(22)24/h3-6,11-18,21H,2,7-10H2,1H3,(H,28,29)/t17-,18+,21?. The number of carbonyl (C=O) groups excluding carboxylic acids is 1. The van der Waals surface area contributed by atoms with E-state index in [0.29, 0.717) is 16.9 Å². The summed E-state index contributed by atoms with van der Waals surface area (Å²) in [5, 5.41) is 5.03. The van der Waals surface area contributed by atoms with Crippen molar-refractivity contribution in [1.82, 2.24) is 4.98 Å². The van der Waals surface area contributed by atoms with Crippen LogP contribution < -0.4 is 5.32 Å². The van der Waals surface area contributed by atoms with Gasteiger partial charge in [-0.2, -0.15) is 0 Å². The molecular formula is C25H27ClN2O. The van der Waals surface area contributed by atoms with E-state index in [1.165, 1.54) is 10.9 Å². The van der Waals surface area contributed by atoms with E-state index >= 15 is 0 Å². The zero-order valence-electron chi connectivity index (χ0n) is 16.8. The monoisotopic (exact) mass is 406 g/mol. The van der Waals surface area contributed by atoms with Crippen molar-refractivity contribution in [2.24, 2.45) is 11.8 Å². The molecule has 1 aliphatic carbocycles. The number of nitrogens with zero attached hydrogens (tertiary/aromatic N) is 1. The average Bonchev–Trinajstić information content (AvgIpc) is 2.76. The summed E-state index contributed by atoms with van der Waals surface area (Å²) >= 11 is 5.94. The minimum absolute atomic E-state index is 0.0563. The van der Waals surface area contributed by atoms with Gasteiger partial charge < -0.3 is 5.32 Å². The fraction of sp³-hybridized carbons (Fsp3) is 0.360. The topological polar surface area (TPSA) is 42.0 Å². The van der Waals surface area contributed by atoms with Crippen molar-refractivity contribution >= 4 is 34.1 Å². The number of hydrogen-bond donors (Lipinski definition) is 1. The summed E-state index contributed by atoms with van der Waals surface area (Å²) in [5.74, 6) is 1.18. The lowest BCUT2D eigenvalue weighted by molar-refractivity contribution is -0.122. The van der Waals surface area contributed by atoms with Gasteiger partial charge in [0.1, 0.15) is 0 Å². The number of pyridine rings is 1. The number of nitrogens with one attached hydrogen (secondary N) is 1. The number of aromatic nitrogens is 1. The molecule has 4 heteroatoms. The van der Waals surface area contributed by atoms with Gasteiger partial charge in [0.2, 0.25) is 5.91 Å². The Bertz CT molecular complexity index is 972. The van der Waals surface area contributed by atoms with Gasteiger partial charge in [0.25, 0.3) is 0 Å². The van der Waals surface area contributed by atoms with Gasteiger partial charge in [-0.3, -0.25) is 9.78 Å². The van der Waals surface area contributed by atoms with E-state index in [9.17, 15) is 4.79 Å². The Hall–Kier alpha value is -2.39. The summed E-state index contributed by atoms with van der Waals surface area (Å²) in [5.41, 5.74) is 3.29. The number of halogens is 1. The van der Waals surface area contributed by atoms with Gasteiger partial charge in [-0.15, -0.1) is 0 Å². The van der Waals surface area contributed by atoms with Crippen molar-refractivity contribution in [3.05, 3.63) is 71.4 Å². The number of para-hydroxylation sites is 1. The van der Waals surface area contributed by atoms with E-state index < -0.39 is 0 Å². The zero-order chi connectivity index (χ0) is 20.2.